The van der Waals surface area contributed by atoms with Gasteiger partial charge in [0.2, 0.25) is 11.8 Å². The van der Waals surface area contributed by atoms with Gasteiger partial charge in [0, 0.05) is 27.7 Å². The Bertz CT molecular complexity index is 827. The molecule has 2 rings (SSSR count). The Morgan fingerprint density at radius 2 is 1.74 bits per heavy atom. The summed E-state index contributed by atoms with van der Waals surface area (Å²) in [5.41, 5.74) is 1.21. The number of amides is 2. The van der Waals surface area contributed by atoms with Crippen LogP contribution in [0.4, 0.5) is 11.4 Å². The molecule has 0 bridgehead atoms. The quantitative estimate of drug-likeness (QED) is 0.569. The van der Waals surface area contributed by atoms with E-state index in [-0.39, 0.29) is 29.9 Å². The number of benzene rings is 2. The highest BCUT2D eigenvalue weighted by Gasteiger charge is 2.15. The van der Waals surface area contributed by atoms with Crippen LogP contribution < -0.4 is 10.6 Å². The maximum absolute atomic E-state index is 12.3. The Morgan fingerprint density at radius 3 is 2.37 bits per heavy atom. The highest BCUT2D eigenvalue weighted by molar-refractivity contribution is 8.00. The van der Waals surface area contributed by atoms with E-state index in [0.29, 0.717) is 16.4 Å². The number of carboxylic acid groups (broad SMARTS) is 1. The first-order valence-electron chi connectivity index (χ1n) is 8.18. The fraction of sp³-hybridized carbons (Fsp3) is 0.211. The summed E-state index contributed by atoms with van der Waals surface area (Å²) in [5.74, 6) is -1.51. The molecule has 3 N–H and O–H groups in total. The van der Waals surface area contributed by atoms with Crippen molar-refractivity contribution in [3.05, 3.63) is 53.6 Å². The molecule has 0 aliphatic carbocycles. The molecule has 0 spiro atoms. The summed E-state index contributed by atoms with van der Waals surface area (Å²) < 4.78 is 0. The summed E-state index contributed by atoms with van der Waals surface area (Å²) in [6.07, 6.45) is -0.286. The molecule has 0 saturated heterocycles. The first kappa shape index (κ1) is 20.8. The molecular weight excluding hydrogens is 388 g/mol. The Kier molecular flexibility index (Phi) is 7.69. The van der Waals surface area contributed by atoms with Crippen LogP contribution in [-0.2, 0) is 14.4 Å². The molecule has 0 radical (unpaired) electrons. The van der Waals surface area contributed by atoms with E-state index in [1.165, 1.54) is 11.8 Å². The summed E-state index contributed by atoms with van der Waals surface area (Å²) >= 11 is 7.29. The van der Waals surface area contributed by atoms with E-state index >= 15 is 0 Å². The Morgan fingerprint density at radius 1 is 1.04 bits per heavy atom. The van der Waals surface area contributed by atoms with Gasteiger partial charge in [-0.25, -0.2) is 0 Å². The number of hydrogen-bond acceptors (Lipinski definition) is 4. The number of aliphatic carboxylic acids is 1. The zero-order valence-corrected chi connectivity index (χ0v) is 16.1. The van der Waals surface area contributed by atoms with Gasteiger partial charge in [-0.2, -0.15) is 0 Å². The molecule has 1 unspecified atom stereocenters. The largest absolute Gasteiger partial charge is 0.481 e. The van der Waals surface area contributed by atoms with Gasteiger partial charge in [-0.3, -0.25) is 14.4 Å². The van der Waals surface area contributed by atoms with Crippen LogP contribution in [-0.4, -0.2) is 28.1 Å². The van der Waals surface area contributed by atoms with E-state index in [1.807, 2.05) is 0 Å². The molecule has 27 heavy (non-hydrogen) atoms. The van der Waals surface area contributed by atoms with Crippen LogP contribution in [0.5, 0.6) is 0 Å². The maximum atomic E-state index is 12.3. The summed E-state index contributed by atoms with van der Waals surface area (Å²) in [4.78, 5) is 35.2. The summed E-state index contributed by atoms with van der Waals surface area (Å²) in [6, 6.07) is 13.9. The van der Waals surface area contributed by atoms with Crippen molar-refractivity contribution in [1.82, 2.24) is 0 Å². The van der Waals surface area contributed by atoms with Gasteiger partial charge in [0.15, 0.2) is 0 Å². The van der Waals surface area contributed by atoms with Gasteiger partial charge in [0.05, 0.1) is 11.7 Å². The predicted octanol–water partition coefficient (Wildman–Crippen LogP) is 4.26. The first-order valence-corrected chi connectivity index (χ1v) is 9.44. The first-order chi connectivity index (χ1) is 12.8. The molecule has 8 heteroatoms. The van der Waals surface area contributed by atoms with E-state index in [4.69, 9.17) is 16.7 Å². The normalized spacial score (nSPS) is 11.5. The number of carboxylic acids is 1. The Balaban J connectivity index is 1.86. The van der Waals surface area contributed by atoms with Gasteiger partial charge in [-0.1, -0.05) is 17.7 Å². The highest BCUT2D eigenvalue weighted by Crippen LogP contribution is 2.26. The summed E-state index contributed by atoms with van der Waals surface area (Å²) in [7, 11) is 0. The fourth-order valence-corrected chi connectivity index (χ4v) is 3.19. The third-order valence-electron chi connectivity index (χ3n) is 3.48. The molecule has 0 aliphatic rings. The van der Waals surface area contributed by atoms with E-state index in [2.05, 4.69) is 10.6 Å². The second kappa shape index (κ2) is 9.99. The lowest BCUT2D eigenvalue weighted by atomic mass is 10.2. The van der Waals surface area contributed by atoms with Crippen LogP contribution in [0.2, 0.25) is 5.02 Å². The van der Waals surface area contributed by atoms with Crippen LogP contribution in [0, 0.1) is 0 Å². The average molecular weight is 407 g/mol. The second-order valence-corrected chi connectivity index (χ2v) is 7.58. The minimum atomic E-state index is -1.01. The third kappa shape index (κ3) is 7.32. The number of halogens is 1. The molecule has 2 aromatic rings. The standard InChI is InChI=1S/C19H19ClN2O4S/c1-12(19(26)22-15-4-2-3-13(20)11-15)27-16-7-5-14(6-8-16)21-17(23)9-10-18(24)25/h2-8,11-12H,9-10H2,1H3,(H,21,23)(H,22,26)(H,24,25). The van der Waals surface area contributed by atoms with Gasteiger partial charge in [-0.05, 0) is 49.4 Å². The van der Waals surface area contributed by atoms with Crippen molar-refractivity contribution in [2.45, 2.75) is 29.9 Å². The Hall–Kier alpha value is -2.51. The molecule has 0 saturated carbocycles. The van der Waals surface area contributed by atoms with Crippen LogP contribution in [0.3, 0.4) is 0 Å². The van der Waals surface area contributed by atoms with Crippen molar-refractivity contribution < 1.29 is 19.5 Å². The summed E-state index contributed by atoms with van der Waals surface area (Å²) in [5, 5.41) is 14.2. The Labute approximate surface area is 166 Å². The zero-order valence-electron chi connectivity index (χ0n) is 14.6. The van der Waals surface area contributed by atoms with Crippen molar-refractivity contribution in [3.8, 4) is 0 Å². The van der Waals surface area contributed by atoms with E-state index < -0.39 is 5.97 Å². The summed E-state index contributed by atoms with van der Waals surface area (Å²) in [6.45, 7) is 1.80. The predicted molar refractivity (Wildman–Crippen MR) is 107 cm³/mol. The molecule has 0 aromatic heterocycles. The van der Waals surface area contributed by atoms with E-state index in [0.717, 1.165) is 4.90 Å². The smallest absolute Gasteiger partial charge is 0.303 e. The van der Waals surface area contributed by atoms with Gasteiger partial charge < -0.3 is 15.7 Å². The van der Waals surface area contributed by atoms with Crippen molar-refractivity contribution in [3.63, 3.8) is 0 Å². The van der Waals surface area contributed by atoms with E-state index in [1.54, 1.807) is 55.5 Å². The minimum Gasteiger partial charge on any atom is -0.481 e. The number of carbonyl (C=O) groups is 3. The van der Waals surface area contributed by atoms with Crippen LogP contribution in [0.25, 0.3) is 0 Å². The molecule has 0 heterocycles. The lowest BCUT2D eigenvalue weighted by molar-refractivity contribution is -0.138. The SMILES string of the molecule is CC(Sc1ccc(NC(=O)CCC(=O)O)cc1)C(=O)Nc1cccc(Cl)c1. The number of nitrogens with one attached hydrogen (secondary N) is 2. The molecule has 6 nitrogen and oxygen atoms in total. The second-order valence-electron chi connectivity index (χ2n) is 5.73. The van der Waals surface area contributed by atoms with Crippen molar-refractivity contribution >= 4 is 52.5 Å². The molecule has 142 valence electrons. The topological polar surface area (TPSA) is 95.5 Å². The number of thioether (sulfide) groups is 1. The van der Waals surface area contributed by atoms with Crippen molar-refractivity contribution in [2.75, 3.05) is 10.6 Å². The molecule has 2 amide bonds. The van der Waals surface area contributed by atoms with E-state index in [9.17, 15) is 14.4 Å². The number of rotatable bonds is 8. The maximum Gasteiger partial charge on any atom is 0.303 e. The van der Waals surface area contributed by atoms with Crippen LogP contribution in [0.15, 0.2) is 53.4 Å². The zero-order chi connectivity index (χ0) is 19.8. The molecule has 2 aromatic carbocycles. The van der Waals surface area contributed by atoms with Gasteiger partial charge in [-0.15, -0.1) is 11.8 Å². The monoisotopic (exact) mass is 406 g/mol. The molecule has 1 atom stereocenters. The number of carbonyl (C=O) groups excluding carboxylic acids is 2. The fourth-order valence-electron chi connectivity index (χ4n) is 2.13. The van der Waals surface area contributed by atoms with Crippen molar-refractivity contribution in [2.24, 2.45) is 0 Å². The van der Waals surface area contributed by atoms with Crippen LogP contribution in [0.1, 0.15) is 19.8 Å². The molecule has 0 aliphatic heterocycles. The lowest BCUT2D eigenvalue weighted by Crippen LogP contribution is -2.22. The van der Waals surface area contributed by atoms with Gasteiger partial charge >= 0.3 is 5.97 Å². The molecular formula is C19H19ClN2O4S. The highest BCUT2D eigenvalue weighted by atomic mass is 35.5. The third-order valence-corrected chi connectivity index (χ3v) is 4.83. The molecule has 0 fully saturated rings. The lowest BCUT2D eigenvalue weighted by Gasteiger charge is -2.13. The number of hydrogen-bond donors (Lipinski definition) is 3. The van der Waals surface area contributed by atoms with Crippen LogP contribution >= 0.6 is 23.4 Å². The number of anilines is 2. The van der Waals surface area contributed by atoms with Gasteiger partial charge in [0.1, 0.15) is 0 Å². The average Bonchev–Trinajstić information content (AvgIpc) is 2.61. The minimum absolute atomic E-state index is 0.0768. The van der Waals surface area contributed by atoms with Gasteiger partial charge in [0.25, 0.3) is 0 Å². The van der Waals surface area contributed by atoms with Crippen molar-refractivity contribution in [1.29, 1.82) is 0 Å².